The molecule has 1 aliphatic heterocycles. The molecule has 1 saturated heterocycles. The topological polar surface area (TPSA) is 42.4 Å². The Hall–Kier alpha value is -0.940. The van der Waals surface area contributed by atoms with Crippen molar-refractivity contribution < 1.29 is 9.53 Å². The standard InChI is InChI=1S/C13H20N2O2S/c1-4-5-10-11(8-16)18-12(14-10)15-6-7-17-13(2,3)9-15/h8H,4-7,9H2,1-3H3. The van der Waals surface area contributed by atoms with Crippen LogP contribution in [-0.2, 0) is 11.2 Å². The van der Waals surface area contributed by atoms with E-state index in [4.69, 9.17) is 4.74 Å². The molecular weight excluding hydrogens is 248 g/mol. The zero-order valence-corrected chi connectivity index (χ0v) is 12.0. The van der Waals surface area contributed by atoms with E-state index in [1.807, 2.05) is 0 Å². The number of carbonyl (C=O) groups excluding carboxylic acids is 1. The summed E-state index contributed by atoms with van der Waals surface area (Å²) in [5.41, 5.74) is 0.799. The average molecular weight is 268 g/mol. The van der Waals surface area contributed by atoms with Crippen LogP contribution in [0.2, 0.25) is 0 Å². The molecule has 0 atom stereocenters. The quantitative estimate of drug-likeness (QED) is 0.787. The second kappa shape index (κ2) is 5.36. The van der Waals surface area contributed by atoms with Crippen molar-refractivity contribution in [1.29, 1.82) is 0 Å². The molecule has 0 saturated carbocycles. The molecule has 0 N–H and O–H groups in total. The maximum atomic E-state index is 11.1. The SMILES string of the molecule is CCCc1nc(N2CCOC(C)(C)C2)sc1C=O. The van der Waals surface area contributed by atoms with Crippen LogP contribution in [0.25, 0.3) is 0 Å². The maximum absolute atomic E-state index is 11.1. The summed E-state index contributed by atoms with van der Waals surface area (Å²) in [5.74, 6) is 0. The van der Waals surface area contributed by atoms with Crippen LogP contribution in [0.1, 0.15) is 42.6 Å². The average Bonchev–Trinajstić information content (AvgIpc) is 2.71. The van der Waals surface area contributed by atoms with Gasteiger partial charge in [0.05, 0.1) is 22.8 Å². The number of aryl methyl sites for hydroxylation is 1. The molecule has 1 aliphatic rings. The molecule has 1 aromatic heterocycles. The van der Waals surface area contributed by atoms with Crippen LogP contribution in [0.3, 0.4) is 0 Å². The second-order valence-electron chi connectivity index (χ2n) is 5.20. The number of aromatic nitrogens is 1. The van der Waals surface area contributed by atoms with Gasteiger partial charge in [-0.1, -0.05) is 24.7 Å². The van der Waals surface area contributed by atoms with Gasteiger partial charge in [0.2, 0.25) is 0 Å². The number of hydrogen-bond donors (Lipinski definition) is 0. The van der Waals surface area contributed by atoms with E-state index in [2.05, 4.69) is 30.7 Å². The van der Waals surface area contributed by atoms with Crippen molar-refractivity contribution in [3.05, 3.63) is 10.6 Å². The predicted octanol–water partition coefficient (Wildman–Crippen LogP) is 2.52. The molecule has 0 amide bonds. The molecule has 2 rings (SSSR count). The molecule has 0 bridgehead atoms. The van der Waals surface area contributed by atoms with E-state index < -0.39 is 0 Å². The third-order valence-corrected chi connectivity index (χ3v) is 4.09. The first-order chi connectivity index (χ1) is 8.55. The van der Waals surface area contributed by atoms with Gasteiger partial charge in [0.15, 0.2) is 11.4 Å². The Kier molecular flexibility index (Phi) is 4.02. The van der Waals surface area contributed by atoms with Gasteiger partial charge in [-0.15, -0.1) is 0 Å². The lowest BCUT2D eigenvalue weighted by molar-refractivity contribution is -0.0277. The predicted molar refractivity (Wildman–Crippen MR) is 73.7 cm³/mol. The lowest BCUT2D eigenvalue weighted by atomic mass is 10.1. The van der Waals surface area contributed by atoms with E-state index in [0.29, 0.717) is 6.61 Å². The highest BCUT2D eigenvalue weighted by Gasteiger charge is 2.29. The van der Waals surface area contributed by atoms with Gasteiger partial charge in [0.25, 0.3) is 0 Å². The summed E-state index contributed by atoms with van der Waals surface area (Å²) in [7, 11) is 0. The Balaban J connectivity index is 2.20. The van der Waals surface area contributed by atoms with Gasteiger partial charge >= 0.3 is 0 Å². The van der Waals surface area contributed by atoms with Crippen molar-refractivity contribution in [2.45, 2.75) is 39.2 Å². The number of ether oxygens (including phenoxy) is 1. The summed E-state index contributed by atoms with van der Waals surface area (Å²) in [6.45, 7) is 8.66. The number of anilines is 1. The van der Waals surface area contributed by atoms with Gasteiger partial charge in [0.1, 0.15) is 0 Å². The Bertz CT molecular complexity index is 429. The van der Waals surface area contributed by atoms with E-state index in [1.54, 1.807) is 0 Å². The highest BCUT2D eigenvalue weighted by atomic mass is 32.1. The fraction of sp³-hybridized carbons (Fsp3) is 0.692. The van der Waals surface area contributed by atoms with Gasteiger partial charge in [-0.3, -0.25) is 4.79 Å². The van der Waals surface area contributed by atoms with Crippen molar-refractivity contribution in [1.82, 2.24) is 4.98 Å². The Labute approximate surface area is 112 Å². The van der Waals surface area contributed by atoms with Crippen molar-refractivity contribution >= 4 is 22.8 Å². The maximum Gasteiger partial charge on any atom is 0.186 e. The van der Waals surface area contributed by atoms with Gasteiger partial charge in [-0.2, -0.15) is 0 Å². The summed E-state index contributed by atoms with van der Waals surface area (Å²) in [6, 6.07) is 0. The first-order valence-electron chi connectivity index (χ1n) is 6.39. The smallest absolute Gasteiger partial charge is 0.186 e. The van der Waals surface area contributed by atoms with Gasteiger partial charge in [-0.25, -0.2) is 4.98 Å². The molecule has 5 heteroatoms. The molecule has 2 heterocycles. The van der Waals surface area contributed by atoms with Gasteiger partial charge < -0.3 is 9.64 Å². The lowest BCUT2D eigenvalue weighted by Crippen LogP contribution is -2.48. The molecule has 18 heavy (non-hydrogen) atoms. The van der Waals surface area contributed by atoms with E-state index in [9.17, 15) is 4.79 Å². The summed E-state index contributed by atoms with van der Waals surface area (Å²) in [4.78, 5) is 18.7. The molecule has 0 aliphatic carbocycles. The van der Waals surface area contributed by atoms with Crippen molar-refractivity contribution in [2.24, 2.45) is 0 Å². The van der Waals surface area contributed by atoms with Crippen molar-refractivity contribution in [2.75, 3.05) is 24.6 Å². The van der Waals surface area contributed by atoms with Crippen LogP contribution in [0.4, 0.5) is 5.13 Å². The fourth-order valence-corrected chi connectivity index (χ4v) is 3.12. The molecule has 1 aromatic rings. The Morgan fingerprint density at radius 3 is 2.94 bits per heavy atom. The van der Waals surface area contributed by atoms with E-state index in [1.165, 1.54) is 11.3 Å². The Morgan fingerprint density at radius 1 is 1.56 bits per heavy atom. The Morgan fingerprint density at radius 2 is 2.33 bits per heavy atom. The largest absolute Gasteiger partial charge is 0.372 e. The number of thiazole rings is 1. The zero-order chi connectivity index (χ0) is 13.2. The minimum atomic E-state index is -0.143. The summed E-state index contributed by atoms with van der Waals surface area (Å²) >= 11 is 1.50. The molecule has 0 aromatic carbocycles. The van der Waals surface area contributed by atoms with Crippen LogP contribution in [-0.4, -0.2) is 36.6 Å². The number of carbonyl (C=O) groups is 1. The summed E-state index contributed by atoms with van der Waals surface area (Å²) in [6.07, 6.45) is 2.81. The first kappa shape index (κ1) is 13.5. The first-order valence-corrected chi connectivity index (χ1v) is 7.21. The summed E-state index contributed by atoms with van der Waals surface area (Å²) < 4.78 is 5.69. The lowest BCUT2D eigenvalue weighted by Gasteiger charge is -2.37. The number of morpholine rings is 1. The van der Waals surface area contributed by atoms with Gasteiger partial charge in [0, 0.05) is 13.1 Å². The van der Waals surface area contributed by atoms with Gasteiger partial charge in [-0.05, 0) is 20.3 Å². The van der Waals surface area contributed by atoms with Crippen LogP contribution in [0.5, 0.6) is 0 Å². The van der Waals surface area contributed by atoms with E-state index >= 15 is 0 Å². The number of nitrogens with zero attached hydrogens (tertiary/aromatic N) is 2. The van der Waals surface area contributed by atoms with E-state index in [-0.39, 0.29) is 5.60 Å². The number of aldehydes is 1. The fourth-order valence-electron chi connectivity index (χ4n) is 2.17. The highest BCUT2D eigenvalue weighted by Crippen LogP contribution is 2.29. The molecule has 1 fully saturated rings. The van der Waals surface area contributed by atoms with E-state index in [0.717, 1.165) is 47.9 Å². The third-order valence-electron chi connectivity index (χ3n) is 3.01. The van der Waals surface area contributed by atoms with Crippen LogP contribution >= 0.6 is 11.3 Å². The molecule has 100 valence electrons. The van der Waals surface area contributed by atoms with Crippen LogP contribution < -0.4 is 4.90 Å². The summed E-state index contributed by atoms with van der Waals surface area (Å²) in [5, 5.41) is 0.955. The zero-order valence-electron chi connectivity index (χ0n) is 11.2. The van der Waals surface area contributed by atoms with Crippen molar-refractivity contribution in [3.63, 3.8) is 0 Å². The molecule has 0 unspecified atom stereocenters. The number of rotatable bonds is 4. The third kappa shape index (κ3) is 2.90. The normalized spacial score (nSPS) is 18.9. The minimum Gasteiger partial charge on any atom is -0.372 e. The van der Waals surface area contributed by atoms with Crippen LogP contribution in [0.15, 0.2) is 0 Å². The number of hydrogen-bond acceptors (Lipinski definition) is 5. The highest BCUT2D eigenvalue weighted by molar-refractivity contribution is 7.17. The molecular formula is C13H20N2O2S. The van der Waals surface area contributed by atoms with Crippen molar-refractivity contribution in [3.8, 4) is 0 Å². The molecule has 0 spiro atoms. The molecule has 0 radical (unpaired) electrons. The molecule has 4 nitrogen and oxygen atoms in total. The minimum absolute atomic E-state index is 0.143. The second-order valence-corrected chi connectivity index (χ2v) is 6.21. The monoisotopic (exact) mass is 268 g/mol. The van der Waals surface area contributed by atoms with Crippen LogP contribution in [0, 0.1) is 0 Å².